The van der Waals surface area contributed by atoms with Crippen molar-refractivity contribution in [2.45, 2.75) is 33.1 Å². The molecule has 1 unspecified atom stereocenters. The Morgan fingerprint density at radius 1 is 1.47 bits per heavy atom. The zero-order valence-electron chi connectivity index (χ0n) is 9.71. The van der Waals surface area contributed by atoms with Gasteiger partial charge >= 0.3 is 0 Å². The maximum Gasteiger partial charge on any atom is 0.119 e. The molecule has 0 fully saturated rings. The van der Waals surface area contributed by atoms with E-state index in [9.17, 15) is 0 Å². The smallest absolute Gasteiger partial charge is 0.119 e. The van der Waals surface area contributed by atoms with Gasteiger partial charge in [0.05, 0.1) is 6.61 Å². The Bertz CT molecular complexity index is 360. The highest BCUT2D eigenvalue weighted by Gasteiger charge is 2.07. The second kappa shape index (κ2) is 5.46. The fourth-order valence-electron chi connectivity index (χ4n) is 1.74. The molecule has 1 nitrogen and oxygen atoms in total. The molecule has 1 heteroatoms. The van der Waals surface area contributed by atoms with Gasteiger partial charge in [-0.2, -0.15) is 0 Å². The Kier molecular flexibility index (Phi) is 4.24. The molecule has 0 saturated carbocycles. The number of terminal acetylenes is 1. The van der Waals surface area contributed by atoms with Crippen molar-refractivity contribution in [1.29, 1.82) is 0 Å². The van der Waals surface area contributed by atoms with Crippen molar-refractivity contribution in [2.24, 2.45) is 0 Å². The van der Waals surface area contributed by atoms with Gasteiger partial charge in [-0.15, -0.1) is 12.3 Å². The minimum atomic E-state index is 0.422. The van der Waals surface area contributed by atoms with Crippen LogP contribution in [0.2, 0.25) is 0 Å². The van der Waals surface area contributed by atoms with Gasteiger partial charge in [-0.1, -0.05) is 13.0 Å². The van der Waals surface area contributed by atoms with Crippen LogP contribution in [-0.2, 0) is 0 Å². The summed E-state index contributed by atoms with van der Waals surface area (Å²) < 4.78 is 5.44. The first-order valence-corrected chi connectivity index (χ1v) is 5.35. The van der Waals surface area contributed by atoms with Gasteiger partial charge in [-0.25, -0.2) is 0 Å². The van der Waals surface area contributed by atoms with Gasteiger partial charge in [0.25, 0.3) is 0 Å². The highest BCUT2D eigenvalue weighted by molar-refractivity contribution is 5.37. The van der Waals surface area contributed by atoms with Crippen molar-refractivity contribution in [3.05, 3.63) is 29.3 Å². The lowest BCUT2D eigenvalue weighted by Crippen LogP contribution is -1.97. The molecule has 0 aliphatic heterocycles. The SMILES string of the molecule is C#CCC(C)c1ccc(OCC)cc1C. The molecule has 1 aromatic carbocycles. The zero-order valence-corrected chi connectivity index (χ0v) is 9.71. The van der Waals surface area contributed by atoms with Gasteiger partial charge in [-0.05, 0) is 43.0 Å². The summed E-state index contributed by atoms with van der Waals surface area (Å²) in [7, 11) is 0. The molecule has 1 atom stereocenters. The van der Waals surface area contributed by atoms with E-state index in [4.69, 9.17) is 11.2 Å². The average molecular weight is 202 g/mol. The van der Waals surface area contributed by atoms with Crippen molar-refractivity contribution in [3.8, 4) is 18.1 Å². The molecule has 0 radical (unpaired) electrons. The van der Waals surface area contributed by atoms with Crippen LogP contribution >= 0.6 is 0 Å². The number of benzene rings is 1. The molecule has 1 aromatic rings. The fraction of sp³-hybridized carbons (Fsp3) is 0.429. The Hall–Kier alpha value is -1.42. The highest BCUT2D eigenvalue weighted by atomic mass is 16.5. The maximum atomic E-state index is 5.44. The summed E-state index contributed by atoms with van der Waals surface area (Å²) in [5.41, 5.74) is 2.57. The summed E-state index contributed by atoms with van der Waals surface area (Å²) in [6.45, 7) is 6.95. The Balaban J connectivity index is 2.88. The predicted octanol–water partition coefficient (Wildman–Crippen LogP) is 3.52. The van der Waals surface area contributed by atoms with E-state index in [0.717, 1.165) is 12.2 Å². The number of hydrogen-bond donors (Lipinski definition) is 0. The Morgan fingerprint density at radius 3 is 2.73 bits per heavy atom. The van der Waals surface area contributed by atoms with Gasteiger partial charge in [0.2, 0.25) is 0 Å². The quantitative estimate of drug-likeness (QED) is 0.679. The molecule has 0 N–H and O–H groups in total. The van der Waals surface area contributed by atoms with Crippen LogP contribution in [0, 0.1) is 19.3 Å². The van der Waals surface area contributed by atoms with Crippen molar-refractivity contribution in [2.75, 3.05) is 6.61 Å². The maximum absolute atomic E-state index is 5.44. The molecule has 0 saturated heterocycles. The van der Waals surface area contributed by atoms with Gasteiger partial charge in [0.15, 0.2) is 0 Å². The summed E-state index contributed by atoms with van der Waals surface area (Å²) in [6, 6.07) is 6.20. The van der Waals surface area contributed by atoms with Gasteiger partial charge in [0, 0.05) is 6.42 Å². The summed E-state index contributed by atoms with van der Waals surface area (Å²) in [5, 5.41) is 0. The standard InChI is InChI=1S/C14H18O/c1-5-7-11(3)14-9-8-13(15-6-2)10-12(14)4/h1,8-11H,6-7H2,2-4H3. The molecule has 0 heterocycles. The average Bonchev–Trinajstić information content (AvgIpc) is 2.18. The topological polar surface area (TPSA) is 9.23 Å². The summed E-state index contributed by atoms with van der Waals surface area (Å²) in [5.74, 6) is 4.06. The highest BCUT2D eigenvalue weighted by Crippen LogP contribution is 2.25. The lowest BCUT2D eigenvalue weighted by atomic mass is 9.94. The molecule has 0 bridgehead atoms. The first-order chi connectivity index (χ1) is 7.19. The number of ether oxygens (including phenoxy) is 1. The predicted molar refractivity (Wildman–Crippen MR) is 64.2 cm³/mol. The summed E-state index contributed by atoms with van der Waals surface area (Å²) >= 11 is 0. The lowest BCUT2D eigenvalue weighted by molar-refractivity contribution is 0.340. The van der Waals surface area contributed by atoms with E-state index < -0.39 is 0 Å². The lowest BCUT2D eigenvalue weighted by Gasteiger charge is -2.13. The van der Waals surface area contributed by atoms with Crippen LogP contribution in [0.3, 0.4) is 0 Å². The molecule has 0 aliphatic rings. The number of hydrogen-bond acceptors (Lipinski definition) is 1. The van der Waals surface area contributed by atoms with Gasteiger partial charge < -0.3 is 4.74 Å². The molecule has 0 aliphatic carbocycles. The minimum absolute atomic E-state index is 0.422. The molecule has 0 amide bonds. The second-order valence-electron chi connectivity index (χ2n) is 3.76. The van der Waals surface area contributed by atoms with Gasteiger partial charge in [-0.3, -0.25) is 0 Å². The number of aryl methyl sites for hydroxylation is 1. The van der Waals surface area contributed by atoms with Crippen LogP contribution in [0.4, 0.5) is 0 Å². The van der Waals surface area contributed by atoms with E-state index >= 15 is 0 Å². The third-order valence-corrected chi connectivity index (χ3v) is 2.51. The van der Waals surface area contributed by atoms with Crippen LogP contribution in [0.1, 0.15) is 37.3 Å². The molecular weight excluding hydrogens is 184 g/mol. The van der Waals surface area contributed by atoms with E-state index in [0.29, 0.717) is 12.5 Å². The third-order valence-electron chi connectivity index (χ3n) is 2.51. The zero-order chi connectivity index (χ0) is 11.3. The summed E-state index contributed by atoms with van der Waals surface area (Å²) in [6.07, 6.45) is 6.11. The van der Waals surface area contributed by atoms with E-state index in [-0.39, 0.29) is 0 Å². The third kappa shape index (κ3) is 3.02. The largest absolute Gasteiger partial charge is 0.494 e. The Labute approximate surface area is 92.5 Å². The molecule has 1 rings (SSSR count). The molecule has 0 aromatic heterocycles. The Morgan fingerprint density at radius 2 is 2.20 bits per heavy atom. The van der Waals surface area contributed by atoms with Gasteiger partial charge in [0.1, 0.15) is 5.75 Å². The molecule has 15 heavy (non-hydrogen) atoms. The first kappa shape index (κ1) is 11.7. The van der Waals surface area contributed by atoms with Crippen molar-refractivity contribution in [1.82, 2.24) is 0 Å². The van der Waals surface area contributed by atoms with E-state index in [2.05, 4.69) is 31.9 Å². The molecule has 0 spiro atoms. The van der Waals surface area contributed by atoms with Crippen molar-refractivity contribution >= 4 is 0 Å². The summed E-state index contributed by atoms with van der Waals surface area (Å²) in [4.78, 5) is 0. The van der Waals surface area contributed by atoms with Crippen molar-refractivity contribution < 1.29 is 4.74 Å². The van der Waals surface area contributed by atoms with Crippen LogP contribution < -0.4 is 4.74 Å². The van der Waals surface area contributed by atoms with Crippen LogP contribution in [0.5, 0.6) is 5.75 Å². The normalized spacial score (nSPS) is 11.9. The number of rotatable bonds is 4. The van der Waals surface area contributed by atoms with E-state index in [1.165, 1.54) is 11.1 Å². The van der Waals surface area contributed by atoms with E-state index in [1.807, 2.05) is 13.0 Å². The molecular formula is C14H18O. The van der Waals surface area contributed by atoms with Crippen LogP contribution in [0.25, 0.3) is 0 Å². The fourth-order valence-corrected chi connectivity index (χ4v) is 1.74. The van der Waals surface area contributed by atoms with E-state index in [1.54, 1.807) is 0 Å². The first-order valence-electron chi connectivity index (χ1n) is 5.35. The molecule has 80 valence electrons. The van der Waals surface area contributed by atoms with Crippen molar-refractivity contribution in [3.63, 3.8) is 0 Å². The monoisotopic (exact) mass is 202 g/mol. The van der Waals surface area contributed by atoms with Crippen LogP contribution in [0.15, 0.2) is 18.2 Å². The minimum Gasteiger partial charge on any atom is -0.494 e. The second-order valence-corrected chi connectivity index (χ2v) is 3.76. The van der Waals surface area contributed by atoms with Crippen LogP contribution in [-0.4, -0.2) is 6.61 Å².